The summed E-state index contributed by atoms with van der Waals surface area (Å²) < 4.78 is 18.0. The molecule has 3 aromatic carbocycles. The van der Waals surface area contributed by atoms with Crippen LogP contribution in [-0.2, 0) is 43.6 Å². The summed E-state index contributed by atoms with van der Waals surface area (Å²) in [5.74, 6) is -0.159. The first-order chi connectivity index (χ1) is 21.6. The maximum Gasteiger partial charge on any atom is 0.325 e. The van der Waals surface area contributed by atoms with Gasteiger partial charge in [-0.05, 0) is 42.8 Å². The Bertz CT molecular complexity index is 1510. The van der Waals surface area contributed by atoms with Gasteiger partial charge in [-0.2, -0.15) is 5.10 Å². The second-order valence-electron chi connectivity index (χ2n) is 10.8. The normalized spacial score (nSPS) is 12.1. The number of nitrogens with zero attached hydrogens (tertiary/aromatic N) is 2. The molecule has 0 bridgehead atoms. The van der Waals surface area contributed by atoms with Gasteiger partial charge >= 0.3 is 5.97 Å². The van der Waals surface area contributed by atoms with Crippen LogP contribution in [0.4, 0.5) is 0 Å². The Labute approximate surface area is 281 Å². The van der Waals surface area contributed by atoms with Crippen LogP contribution in [0.15, 0.2) is 91.0 Å². The van der Waals surface area contributed by atoms with Crippen LogP contribution in [0.25, 0.3) is 0 Å². The van der Waals surface area contributed by atoms with Crippen molar-refractivity contribution in [3.63, 3.8) is 0 Å². The van der Waals surface area contributed by atoms with Crippen molar-refractivity contribution < 1.29 is 23.8 Å². The molecule has 0 unspecified atom stereocenters. The summed E-state index contributed by atoms with van der Waals surface area (Å²) >= 11 is 5.43. The van der Waals surface area contributed by atoms with Gasteiger partial charge in [0.2, 0.25) is 5.91 Å². The molecule has 46 heavy (non-hydrogen) atoms. The first kappa shape index (κ1) is 38.3. The monoisotopic (exact) mass is 670 g/mol. The van der Waals surface area contributed by atoms with Crippen LogP contribution in [0, 0.1) is 4.77 Å². The summed E-state index contributed by atoms with van der Waals surface area (Å²) in [5.41, 5.74) is 13.6. The number of H-pyrrole nitrogens is 1. The minimum atomic E-state index is -1.03. The third-order valence-electron chi connectivity index (χ3n) is 6.48. The second kappa shape index (κ2) is 19.6. The number of benzene rings is 3. The number of rotatable bonds is 14. The summed E-state index contributed by atoms with van der Waals surface area (Å²) in [6, 6.07) is 28.2. The molecule has 4 rings (SSSR count). The lowest BCUT2D eigenvalue weighted by Gasteiger charge is -2.24. The molecule has 6 N–H and O–H groups in total. The zero-order valence-electron chi connectivity index (χ0n) is 26.3. The first-order valence-electron chi connectivity index (χ1n) is 14.4. The van der Waals surface area contributed by atoms with E-state index in [0.717, 1.165) is 16.7 Å². The first-order valence-corrected chi connectivity index (χ1v) is 14.8. The molecule has 1 amide bonds. The van der Waals surface area contributed by atoms with Gasteiger partial charge in [-0.25, -0.2) is 0 Å². The fourth-order valence-corrected chi connectivity index (χ4v) is 4.21. The highest BCUT2D eigenvalue weighted by molar-refractivity contribution is 7.71. The Hall–Kier alpha value is -3.91. The average Bonchev–Trinajstić information content (AvgIpc) is 3.40. The van der Waals surface area contributed by atoms with Gasteiger partial charge in [-0.3, -0.25) is 19.3 Å². The maximum atomic E-state index is 12.6. The lowest BCUT2D eigenvalue weighted by Crippen LogP contribution is -2.51. The highest BCUT2D eigenvalue weighted by Gasteiger charge is 2.28. The summed E-state index contributed by atoms with van der Waals surface area (Å²) in [6.45, 7) is 5.11. The quantitative estimate of drug-likeness (QED) is 0.114. The van der Waals surface area contributed by atoms with E-state index in [1.807, 2.05) is 95.6 Å². The summed E-state index contributed by atoms with van der Waals surface area (Å²) in [6.07, 6.45) is 0. The van der Waals surface area contributed by atoms with E-state index in [0.29, 0.717) is 30.4 Å². The maximum absolute atomic E-state index is 12.6. The van der Waals surface area contributed by atoms with Crippen LogP contribution in [-0.4, -0.2) is 58.5 Å². The second-order valence-corrected chi connectivity index (χ2v) is 11.2. The van der Waals surface area contributed by atoms with E-state index in [4.69, 9.17) is 33.2 Å². The lowest BCUT2D eigenvalue weighted by molar-refractivity contribution is -0.143. The number of methoxy groups -OCH3 is 1. The molecule has 0 aliphatic carbocycles. The van der Waals surface area contributed by atoms with Crippen LogP contribution in [0.3, 0.4) is 0 Å². The Morgan fingerprint density at radius 3 is 1.85 bits per heavy atom. The Morgan fingerprint density at radius 1 is 0.891 bits per heavy atom. The molecule has 1 aromatic heterocycles. The topological polar surface area (TPSA) is 160 Å². The third-order valence-corrected chi connectivity index (χ3v) is 6.79. The van der Waals surface area contributed by atoms with Crippen molar-refractivity contribution in [3.8, 4) is 0 Å². The molecule has 0 saturated heterocycles. The van der Waals surface area contributed by atoms with Gasteiger partial charge in [0.25, 0.3) is 0 Å². The van der Waals surface area contributed by atoms with Crippen LogP contribution in [0.2, 0.25) is 0 Å². The molecule has 4 aromatic rings. The molecule has 0 aliphatic heterocycles. The van der Waals surface area contributed by atoms with E-state index in [1.54, 1.807) is 13.8 Å². The SMILES string of the molecule is CC(C)(N)C(=O)N[C@H](COCc1ccccc1)c1n[nH]c(=S)n1Cc1ccccc1.COC(=O)[C@H](N)COCc1ccccc1.Cl. The zero-order valence-corrected chi connectivity index (χ0v) is 27.9. The van der Waals surface area contributed by atoms with Crippen LogP contribution in [0.1, 0.15) is 42.4 Å². The number of carbonyl (C=O) groups is 2. The van der Waals surface area contributed by atoms with Crippen LogP contribution < -0.4 is 16.8 Å². The number of hydrogen-bond donors (Lipinski definition) is 4. The molecule has 2 atom stereocenters. The van der Waals surface area contributed by atoms with Crippen molar-refractivity contribution in [2.24, 2.45) is 11.5 Å². The minimum Gasteiger partial charge on any atom is -0.468 e. The fourth-order valence-electron chi connectivity index (χ4n) is 4.01. The number of nitrogens with two attached hydrogens (primary N) is 2. The molecule has 13 heteroatoms. The molecule has 248 valence electrons. The standard InChI is InChI=1S/C22H27N5O2S.C11H15NO3.ClH/c1-22(2,23)20(28)24-18(15-29-14-17-11-7-4-8-12-17)19-25-26-21(30)27(19)13-16-9-5-3-6-10-16;1-14-11(13)10(12)8-15-7-9-5-3-2-4-6-9;/h3-12,18H,13-15,23H2,1-2H3,(H,24,28)(H,26,30);2-6,10H,7-8,12H2,1H3;1H/t18-;10-;/m11./s1. The number of ether oxygens (including phenoxy) is 3. The molecule has 0 spiro atoms. The van der Waals surface area contributed by atoms with Gasteiger partial charge in [-0.15, -0.1) is 12.4 Å². The molecular formula is C33H43ClN6O5S. The number of carbonyl (C=O) groups excluding carboxylic acids is 2. The largest absolute Gasteiger partial charge is 0.468 e. The Kier molecular flexibility index (Phi) is 16.3. The Morgan fingerprint density at radius 2 is 1.37 bits per heavy atom. The number of halogens is 1. The number of nitrogens with one attached hydrogen (secondary N) is 2. The smallest absolute Gasteiger partial charge is 0.325 e. The summed E-state index contributed by atoms with van der Waals surface area (Å²) in [7, 11) is 1.30. The predicted molar refractivity (Wildman–Crippen MR) is 182 cm³/mol. The van der Waals surface area contributed by atoms with Gasteiger partial charge < -0.3 is 31.0 Å². The molecule has 0 saturated carbocycles. The molecule has 11 nitrogen and oxygen atoms in total. The molecule has 1 heterocycles. The van der Waals surface area contributed by atoms with E-state index in [1.165, 1.54) is 7.11 Å². The summed E-state index contributed by atoms with van der Waals surface area (Å²) in [5, 5.41) is 10.2. The van der Waals surface area contributed by atoms with E-state index in [9.17, 15) is 9.59 Å². The van der Waals surface area contributed by atoms with Gasteiger partial charge in [0.15, 0.2) is 10.6 Å². The van der Waals surface area contributed by atoms with E-state index < -0.39 is 23.6 Å². The van der Waals surface area contributed by atoms with Crippen LogP contribution in [0.5, 0.6) is 0 Å². The molecule has 0 radical (unpaired) electrons. The highest BCUT2D eigenvalue weighted by Crippen LogP contribution is 2.16. The van der Waals surface area contributed by atoms with E-state index in [-0.39, 0.29) is 31.5 Å². The lowest BCUT2D eigenvalue weighted by atomic mass is 10.1. The number of aromatic amines is 1. The van der Waals surface area contributed by atoms with Crippen molar-refractivity contribution in [2.75, 3.05) is 20.3 Å². The van der Waals surface area contributed by atoms with Crippen molar-refractivity contribution in [2.45, 2.75) is 51.2 Å². The van der Waals surface area contributed by atoms with Crippen molar-refractivity contribution in [1.82, 2.24) is 20.1 Å². The number of aromatic nitrogens is 3. The van der Waals surface area contributed by atoms with Crippen LogP contribution >= 0.6 is 24.6 Å². The van der Waals surface area contributed by atoms with Gasteiger partial charge in [0.1, 0.15) is 12.1 Å². The molecular weight excluding hydrogens is 628 g/mol. The van der Waals surface area contributed by atoms with E-state index in [2.05, 4.69) is 20.3 Å². The fraction of sp³-hybridized carbons (Fsp3) is 0.333. The highest BCUT2D eigenvalue weighted by atomic mass is 35.5. The Balaban J connectivity index is 0.000000389. The predicted octanol–water partition coefficient (Wildman–Crippen LogP) is 4.23. The third kappa shape index (κ3) is 12.8. The van der Waals surface area contributed by atoms with E-state index >= 15 is 0 Å². The van der Waals surface area contributed by atoms with Gasteiger partial charge in [-0.1, -0.05) is 91.0 Å². The van der Waals surface area contributed by atoms with Crippen molar-refractivity contribution >= 4 is 36.5 Å². The number of hydrogen-bond acceptors (Lipinski definition) is 9. The minimum absolute atomic E-state index is 0. The van der Waals surface area contributed by atoms with Gasteiger partial charge in [0.05, 0.1) is 45.6 Å². The molecule has 0 aliphatic rings. The number of esters is 1. The molecule has 0 fully saturated rings. The summed E-state index contributed by atoms with van der Waals surface area (Å²) in [4.78, 5) is 23.5. The number of amides is 1. The zero-order chi connectivity index (χ0) is 32.7. The van der Waals surface area contributed by atoms with Gasteiger partial charge in [0, 0.05) is 0 Å². The van der Waals surface area contributed by atoms with Crippen molar-refractivity contribution in [3.05, 3.63) is 118 Å². The van der Waals surface area contributed by atoms with Crippen molar-refractivity contribution in [1.29, 1.82) is 0 Å². The average molecular weight is 671 g/mol.